The van der Waals surface area contributed by atoms with Crippen molar-refractivity contribution in [2.75, 3.05) is 5.32 Å². The normalized spacial score (nSPS) is 11.1. The van der Waals surface area contributed by atoms with Crippen LogP contribution < -0.4 is 10.9 Å². The maximum absolute atomic E-state index is 12.4. The summed E-state index contributed by atoms with van der Waals surface area (Å²) in [5.41, 5.74) is 4.56. The number of nitrogens with zero attached hydrogens (tertiary/aromatic N) is 3. The van der Waals surface area contributed by atoms with Gasteiger partial charge in [-0.05, 0) is 49.2 Å². The SMILES string of the molecule is Cc1ccc(-c2nc3nc(CNc4cccc(Cl)c4)cc(=O)n3[nH]2)cc1C. The molecule has 0 radical (unpaired) electrons. The highest BCUT2D eigenvalue weighted by Crippen LogP contribution is 2.19. The Balaban J connectivity index is 1.65. The number of H-pyrrole nitrogens is 1. The minimum absolute atomic E-state index is 0.203. The van der Waals surface area contributed by atoms with Crippen LogP contribution in [-0.4, -0.2) is 19.6 Å². The van der Waals surface area contributed by atoms with Crippen molar-refractivity contribution < 1.29 is 0 Å². The predicted octanol–water partition coefficient (Wildman–Crippen LogP) is 3.97. The fourth-order valence-electron chi connectivity index (χ4n) is 2.83. The van der Waals surface area contributed by atoms with Crippen molar-refractivity contribution in [1.29, 1.82) is 0 Å². The van der Waals surface area contributed by atoms with Gasteiger partial charge in [0.1, 0.15) is 0 Å². The van der Waals surface area contributed by atoms with Gasteiger partial charge in [-0.15, -0.1) is 0 Å². The monoisotopic (exact) mass is 379 g/mol. The first-order valence-electron chi connectivity index (χ1n) is 8.55. The van der Waals surface area contributed by atoms with Gasteiger partial charge in [0.25, 0.3) is 11.3 Å². The minimum atomic E-state index is -0.203. The molecule has 136 valence electrons. The largest absolute Gasteiger partial charge is 0.379 e. The zero-order valence-corrected chi connectivity index (χ0v) is 15.7. The van der Waals surface area contributed by atoms with Crippen LogP contribution in [0.3, 0.4) is 0 Å². The summed E-state index contributed by atoms with van der Waals surface area (Å²) in [5, 5.41) is 6.89. The molecule has 0 aliphatic heterocycles. The van der Waals surface area contributed by atoms with E-state index in [2.05, 4.69) is 27.3 Å². The van der Waals surface area contributed by atoms with E-state index < -0.39 is 0 Å². The Kier molecular flexibility index (Phi) is 4.41. The third-order valence-electron chi connectivity index (χ3n) is 4.46. The molecule has 0 bridgehead atoms. The van der Waals surface area contributed by atoms with Gasteiger partial charge in [0, 0.05) is 22.3 Å². The highest BCUT2D eigenvalue weighted by molar-refractivity contribution is 6.30. The number of halogens is 1. The molecule has 0 saturated carbocycles. The summed E-state index contributed by atoms with van der Waals surface area (Å²) in [7, 11) is 0. The van der Waals surface area contributed by atoms with E-state index in [1.165, 1.54) is 21.7 Å². The van der Waals surface area contributed by atoms with Crippen LogP contribution in [0.2, 0.25) is 5.02 Å². The van der Waals surface area contributed by atoms with Crippen LogP contribution in [0.4, 0.5) is 5.69 Å². The molecular formula is C20H18ClN5O. The van der Waals surface area contributed by atoms with Gasteiger partial charge >= 0.3 is 0 Å². The van der Waals surface area contributed by atoms with Gasteiger partial charge in [-0.2, -0.15) is 9.50 Å². The van der Waals surface area contributed by atoms with Gasteiger partial charge in [-0.1, -0.05) is 29.8 Å². The Hall–Kier alpha value is -3.12. The number of aromatic nitrogens is 4. The second kappa shape index (κ2) is 6.89. The zero-order valence-electron chi connectivity index (χ0n) is 15.0. The van der Waals surface area contributed by atoms with Crippen molar-refractivity contribution in [1.82, 2.24) is 19.6 Å². The fraction of sp³-hybridized carbons (Fsp3) is 0.150. The van der Waals surface area contributed by atoms with Crippen LogP contribution in [0.1, 0.15) is 16.8 Å². The molecule has 7 heteroatoms. The molecule has 2 heterocycles. The van der Waals surface area contributed by atoms with Crippen molar-refractivity contribution in [3.05, 3.63) is 80.7 Å². The van der Waals surface area contributed by atoms with Crippen LogP contribution in [-0.2, 0) is 6.54 Å². The van der Waals surface area contributed by atoms with Crippen molar-refractivity contribution in [2.45, 2.75) is 20.4 Å². The predicted molar refractivity (Wildman–Crippen MR) is 107 cm³/mol. The molecule has 0 aliphatic carbocycles. The summed E-state index contributed by atoms with van der Waals surface area (Å²) >= 11 is 5.99. The van der Waals surface area contributed by atoms with Crippen LogP contribution in [0, 0.1) is 13.8 Å². The first-order valence-corrected chi connectivity index (χ1v) is 8.93. The Morgan fingerprint density at radius 2 is 1.93 bits per heavy atom. The van der Waals surface area contributed by atoms with E-state index in [-0.39, 0.29) is 5.56 Å². The highest BCUT2D eigenvalue weighted by atomic mass is 35.5. The van der Waals surface area contributed by atoms with Gasteiger partial charge < -0.3 is 5.32 Å². The number of aryl methyl sites for hydroxylation is 2. The van der Waals surface area contributed by atoms with Gasteiger partial charge in [0.2, 0.25) is 0 Å². The van der Waals surface area contributed by atoms with Gasteiger partial charge in [0.05, 0.1) is 12.2 Å². The number of hydrogen-bond acceptors (Lipinski definition) is 4. The van der Waals surface area contributed by atoms with E-state index in [0.29, 0.717) is 28.9 Å². The Bertz CT molecular complexity index is 1190. The lowest BCUT2D eigenvalue weighted by Gasteiger charge is -2.05. The maximum atomic E-state index is 12.4. The van der Waals surface area contributed by atoms with E-state index in [1.54, 1.807) is 0 Å². The standard InChI is InChI=1S/C20H18ClN5O/c1-12-6-7-14(8-13(12)2)19-24-20-23-17(10-18(27)26(20)25-19)11-22-16-5-3-4-15(21)9-16/h3-10,22H,11H2,1-2H3,(H,23,24,25). The first kappa shape index (κ1) is 17.3. The summed E-state index contributed by atoms with van der Waals surface area (Å²) in [4.78, 5) is 21.4. The zero-order chi connectivity index (χ0) is 19.0. The number of aromatic amines is 1. The maximum Gasteiger partial charge on any atom is 0.274 e. The lowest BCUT2D eigenvalue weighted by molar-refractivity contribution is 0.879. The van der Waals surface area contributed by atoms with E-state index in [9.17, 15) is 4.79 Å². The van der Waals surface area contributed by atoms with E-state index >= 15 is 0 Å². The van der Waals surface area contributed by atoms with Crippen molar-refractivity contribution >= 4 is 23.1 Å². The third kappa shape index (κ3) is 3.57. The quantitative estimate of drug-likeness (QED) is 0.562. The molecular weight excluding hydrogens is 362 g/mol. The molecule has 0 spiro atoms. The molecule has 0 fully saturated rings. The molecule has 2 aromatic heterocycles. The molecule has 0 amide bonds. The van der Waals surface area contributed by atoms with Gasteiger partial charge in [-0.25, -0.2) is 4.98 Å². The summed E-state index contributed by atoms with van der Waals surface area (Å²) in [6, 6.07) is 14.9. The van der Waals surface area contributed by atoms with Crippen LogP contribution in [0.25, 0.3) is 17.2 Å². The molecule has 2 aromatic carbocycles. The number of fused-ring (bicyclic) bond motifs is 1. The van der Waals surface area contributed by atoms with E-state index in [0.717, 1.165) is 11.3 Å². The smallest absolute Gasteiger partial charge is 0.274 e. The van der Waals surface area contributed by atoms with Gasteiger partial charge in [0.15, 0.2) is 5.82 Å². The molecule has 2 N–H and O–H groups in total. The number of benzene rings is 2. The van der Waals surface area contributed by atoms with Crippen LogP contribution in [0.15, 0.2) is 53.3 Å². The molecule has 6 nitrogen and oxygen atoms in total. The number of rotatable bonds is 4. The van der Waals surface area contributed by atoms with E-state index in [1.807, 2.05) is 49.4 Å². The van der Waals surface area contributed by atoms with E-state index in [4.69, 9.17) is 11.6 Å². The molecule has 0 aliphatic rings. The average molecular weight is 380 g/mol. The summed E-state index contributed by atoms with van der Waals surface area (Å²) in [6.07, 6.45) is 0. The molecule has 0 atom stereocenters. The summed E-state index contributed by atoms with van der Waals surface area (Å²) in [5.74, 6) is 0.960. The highest BCUT2D eigenvalue weighted by Gasteiger charge is 2.10. The minimum Gasteiger partial charge on any atom is -0.379 e. The molecule has 4 rings (SSSR count). The number of hydrogen-bond donors (Lipinski definition) is 2. The van der Waals surface area contributed by atoms with Crippen LogP contribution >= 0.6 is 11.6 Å². The van der Waals surface area contributed by atoms with Crippen LogP contribution in [0.5, 0.6) is 0 Å². The second-order valence-electron chi connectivity index (χ2n) is 6.46. The third-order valence-corrected chi connectivity index (χ3v) is 4.70. The Labute approximate surface area is 160 Å². The fourth-order valence-corrected chi connectivity index (χ4v) is 3.02. The summed E-state index contributed by atoms with van der Waals surface area (Å²) in [6.45, 7) is 4.51. The van der Waals surface area contributed by atoms with Crippen molar-refractivity contribution in [3.8, 4) is 11.4 Å². The summed E-state index contributed by atoms with van der Waals surface area (Å²) < 4.78 is 1.35. The Morgan fingerprint density at radius 3 is 2.70 bits per heavy atom. The van der Waals surface area contributed by atoms with Crippen molar-refractivity contribution in [3.63, 3.8) is 0 Å². The average Bonchev–Trinajstić information content (AvgIpc) is 3.07. The van der Waals surface area contributed by atoms with Gasteiger partial charge in [-0.3, -0.25) is 9.89 Å². The lowest BCUT2D eigenvalue weighted by atomic mass is 10.1. The molecule has 27 heavy (non-hydrogen) atoms. The lowest BCUT2D eigenvalue weighted by Crippen LogP contribution is -2.17. The van der Waals surface area contributed by atoms with Crippen molar-refractivity contribution in [2.24, 2.45) is 0 Å². The molecule has 0 unspecified atom stereocenters. The molecule has 0 saturated heterocycles. The topological polar surface area (TPSA) is 75.1 Å². The second-order valence-corrected chi connectivity index (χ2v) is 6.89. The Morgan fingerprint density at radius 1 is 1.07 bits per heavy atom. The molecule has 4 aromatic rings. The first-order chi connectivity index (χ1) is 13.0. The number of nitrogens with one attached hydrogen (secondary N) is 2. The number of anilines is 1.